The highest BCUT2D eigenvalue weighted by atomic mass is 16.2. The lowest BCUT2D eigenvalue weighted by Crippen LogP contribution is -2.50. The Balaban J connectivity index is 1.39. The molecule has 1 heterocycles. The third kappa shape index (κ3) is 8.05. The number of hydrogen-bond donors (Lipinski definition) is 2. The maximum Gasteiger partial charge on any atom is 0.272 e. The minimum absolute atomic E-state index is 0.283. The van der Waals surface area contributed by atoms with Crippen molar-refractivity contribution in [2.45, 2.75) is 77.9 Å². The molecule has 0 aromatic heterocycles. The van der Waals surface area contributed by atoms with E-state index in [4.69, 9.17) is 10.7 Å². The second kappa shape index (κ2) is 16.1. The van der Waals surface area contributed by atoms with Crippen molar-refractivity contribution in [3.8, 4) is 11.1 Å². The van der Waals surface area contributed by atoms with E-state index in [-0.39, 0.29) is 18.4 Å². The lowest BCUT2D eigenvalue weighted by molar-refractivity contribution is -0.136. The number of aryl methyl sites for hydroxylation is 1. The van der Waals surface area contributed by atoms with Crippen molar-refractivity contribution in [2.75, 3.05) is 4.90 Å². The number of nitrogens with one attached hydrogen (secondary N) is 1. The first-order chi connectivity index (χ1) is 24.3. The molecule has 3 atom stereocenters. The molecule has 4 aromatic carbocycles. The van der Waals surface area contributed by atoms with Crippen molar-refractivity contribution in [3.05, 3.63) is 125 Å². The number of hydrogen-bond acceptors (Lipinski definition) is 4. The second-order valence-electron chi connectivity index (χ2n) is 13.9. The van der Waals surface area contributed by atoms with Gasteiger partial charge in [-0.3, -0.25) is 14.4 Å². The highest BCUT2D eigenvalue weighted by molar-refractivity contribution is 6.20. The molecule has 50 heavy (non-hydrogen) atoms. The Morgan fingerprint density at radius 3 is 2.28 bits per heavy atom. The summed E-state index contributed by atoms with van der Waals surface area (Å²) >= 11 is 0. The lowest BCUT2D eigenvalue weighted by Gasteiger charge is -2.29. The molecule has 1 saturated carbocycles. The quantitative estimate of drug-likeness (QED) is 0.151. The number of aliphatic imine (C=N–C) groups is 1. The molecule has 1 aliphatic heterocycles. The van der Waals surface area contributed by atoms with Crippen LogP contribution < -0.4 is 16.0 Å². The third-order valence-electron chi connectivity index (χ3n) is 10.3. The summed E-state index contributed by atoms with van der Waals surface area (Å²) < 4.78 is 0. The smallest absolute Gasteiger partial charge is 0.272 e. The van der Waals surface area contributed by atoms with Crippen molar-refractivity contribution in [3.63, 3.8) is 0 Å². The first-order valence-electron chi connectivity index (χ1n) is 18.1. The van der Waals surface area contributed by atoms with Crippen LogP contribution in [0, 0.1) is 24.7 Å². The zero-order valence-electron chi connectivity index (χ0n) is 29.2. The molecule has 3 unspecified atom stereocenters. The zero-order chi connectivity index (χ0) is 35.0. The van der Waals surface area contributed by atoms with Crippen molar-refractivity contribution in [2.24, 2.45) is 28.5 Å². The summed E-state index contributed by atoms with van der Waals surface area (Å²) in [6, 6.07) is 34.2. The van der Waals surface area contributed by atoms with Gasteiger partial charge in [0.05, 0.1) is 17.9 Å². The molecule has 1 aliphatic carbocycles. The van der Waals surface area contributed by atoms with Crippen LogP contribution in [0.5, 0.6) is 0 Å². The maximum atomic E-state index is 14.8. The summed E-state index contributed by atoms with van der Waals surface area (Å²) in [5.41, 5.74) is 13.3. The van der Waals surface area contributed by atoms with Crippen LogP contribution >= 0.6 is 0 Å². The van der Waals surface area contributed by atoms with Crippen molar-refractivity contribution < 1.29 is 14.4 Å². The number of anilines is 1. The molecule has 258 valence electrons. The van der Waals surface area contributed by atoms with Gasteiger partial charge in [-0.1, -0.05) is 142 Å². The van der Waals surface area contributed by atoms with Crippen LogP contribution in [0.4, 0.5) is 5.69 Å². The SMILES string of the molecule is CCCCC(C(N)=O)C(CC1CCCC1)C(=O)NC1N=C(c2ccccc2)c2ccccc2N(Cc2cccc(-c3ccc(C)cc3)c2)C1=O. The number of benzodiazepines with no additional fused rings is 1. The highest BCUT2D eigenvalue weighted by Gasteiger charge is 2.39. The number of amides is 3. The third-order valence-corrected chi connectivity index (χ3v) is 10.3. The van der Waals surface area contributed by atoms with Crippen LogP contribution in [0.25, 0.3) is 11.1 Å². The van der Waals surface area contributed by atoms with E-state index in [0.29, 0.717) is 24.5 Å². The molecule has 3 N–H and O–H groups in total. The van der Waals surface area contributed by atoms with Crippen LogP contribution in [-0.2, 0) is 20.9 Å². The van der Waals surface area contributed by atoms with E-state index >= 15 is 0 Å². The topological polar surface area (TPSA) is 105 Å². The van der Waals surface area contributed by atoms with Crippen LogP contribution in [0.1, 0.15) is 80.5 Å². The molecule has 0 radical (unpaired) electrons. The van der Waals surface area contributed by atoms with Gasteiger partial charge in [0.15, 0.2) is 0 Å². The molecule has 6 rings (SSSR count). The number of carbonyl (C=O) groups excluding carboxylic acids is 3. The van der Waals surface area contributed by atoms with Crippen molar-refractivity contribution in [1.82, 2.24) is 5.32 Å². The Morgan fingerprint density at radius 1 is 0.860 bits per heavy atom. The molecule has 4 aromatic rings. The van der Waals surface area contributed by atoms with Gasteiger partial charge in [0.2, 0.25) is 18.0 Å². The Morgan fingerprint density at radius 2 is 1.56 bits per heavy atom. The van der Waals surface area contributed by atoms with E-state index in [1.165, 1.54) is 5.56 Å². The van der Waals surface area contributed by atoms with E-state index < -0.39 is 23.9 Å². The number of nitrogens with two attached hydrogens (primary N) is 1. The van der Waals surface area contributed by atoms with Crippen molar-refractivity contribution in [1.29, 1.82) is 0 Å². The normalized spacial score (nSPS) is 17.4. The molecule has 0 bridgehead atoms. The van der Waals surface area contributed by atoms with Gasteiger partial charge in [0.25, 0.3) is 5.91 Å². The Bertz CT molecular complexity index is 1830. The van der Waals surface area contributed by atoms with Gasteiger partial charge >= 0.3 is 0 Å². The standard InChI is InChI=1S/C43H48N4O3/c1-3-4-19-35(40(44)48)37(27-30-13-8-9-14-30)42(49)46-41-43(50)47(28-31-15-12-18-34(26-31)32-24-22-29(2)23-25-32)38-21-11-10-20-36(38)39(45-41)33-16-6-5-7-17-33/h5-7,10-12,15-18,20-26,30,35,37,41H,3-4,8-9,13-14,19,27-28H2,1-2H3,(H2,44,48)(H,46,49). The fourth-order valence-corrected chi connectivity index (χ4v) is 7.56. The zero-order valence-corrected chi connectivity index (χ0v) is 29.2. The first-order valence-corrected chi connectivity index (χ1v) is 18.1. The van der Waals surface area contributed by atoms with Gasteiger partial charge in [-0.25, -0.2) is 4.99 Å². The molecule has 1 fully saturated rings. The number of fused-ring (bicyclic) bond motifs is 1. The molecule has 0 saturated heterocycles. The van der Waals surface area contributed by atoms with Gasteiger partial charge in [-0.2, -0.15) is 0 Å². The number of primary amides is 1. The maximum absolute atomic E-state index is 14.8. The summed E-state index contributed by atoms with van der Waals surface area (Å²) in [5.74, 6) is -2.01. The Hall–Kier alpha value is -5.04. The monoisotopic (exact) mass is 668 g/mol. The molecule has 0 spiro atoms. The molecular weight excluding hydrogens is 620 g/mol. The van der Waals surface area contributed by atoms with Gasteiger partial charge < -0.3 is 16.0 Å². The highest BCUT2D eigenvalue weighted by Crippen LogP contribution is 2.35. The van der Waals surface area contributed by atoms with E-state index in [2.05, 4.69) is 55.6 Å². The van der Waals surface area contributed by atoms with Crippen LogP contribution in [-0.4, -0.2) is 29.6 Å². The molecule has 7 heteroatoms. The number of rotatable bonds is 13. The van der Waals surface area contributed by atoms with Gasteiger partial charge in [-0.15, -0.1) is 0 Å². The number of carbonyl (C=O) groups is 3. The summed E-state index contributed by atoms with van der Waals surface area (Å²) in [7, 11) is 0. The van der Waals surface area contributed by atoms with E-state index in [0.717, 1.165) is 72.0 Å². The van der Waals surface area contributed by atoms with E-state index in [9.17, 15) is 14.4 Å². The average molecular weight is 669 g/mol. The van der Waals surface area contributed by atoms with Gasteiger partial charge in [0, 0.05) is 23.0 Å². The predicted octanol–water partition coefficient (Wildman–Crippen LogP) is 7.98. The number of benzene rings is 4. The molecule has 7 nitrogen and oxygen atoms in total. The van der Waals surface area contributed by atoms with E-state index in [1.54, 1.807) is 4.90 Å². The number of nitrogens with zero attached hydrogens (tertiary/aromatic N) is 2. The molecular formula is C43H48N4O3. The predicted molar refractivity (Wildman–Crippen MR) is 201 cm³/mol. The van der Waals surface area contributed by atoms with Crippen molar-refractivity contribution >= 4 is 29.1 Å². The summed E-state index contributed by atoms with van der Waals surface area (Å²) in [6.07, 6.45) is 5.93. The van der Waals surface area contributed by atoms with Gasteiger partial charge in [-0.05, 0) is 54.5 Å². The molecule has 2 aliphatic rings. The Kier molecular flexibility index (Phi) is 11.2. The fraction of sp³-hybridized carbons (Fsp3) is 0.349. The number of para-hydroxylation sites is 1. The summed E-state index contributed by atoms with van der Waals surface area (Å²) in [6.45, 7) is 4.42. The fourth-order valence-electron chi connectivity index (χ4n) is 7.56. The average Bonchev–Trinajstić information content (AvgIpc) is 3.62. The van der Waals surface area contributed by atoms with Crippen LogP contribution in [0.15, 0.2) is 108 Å². The van der Waals surface area contributed by atoms with E-state index in [1.807, 2.05) is 66.7 Å². The first kappa shape index (κ1) is 34.8. The largest absolute Gasteiger partial charge is 0.369 e. The number of unbranched alkanes of at least 4 members (excludes halogenated alkanes) is 1. The van der Waals surface area contributed by atoms with Crippen LogP contribution in [0.3, 0.4) is 0 Å². The van der Waals surface area contributed by atoms with Gasteiger partial charge in [0.1, 0.15) is 0 Å². The Labute approximate surface area is 296 Å². The summed E-state index contributed by atoms with van der Waals surface area (Å²) in [4.78, 5) is 48.8. The molecule has 3 amide bonds. The second-order valence-corrected chi connectivity index (χ2v) is 13.9. The lowest BCUT2D eigenvalue weighted by atomic mass is 9.80. The van der Waals surface area contributed by atoms with Crippen LogP contribution in [0.2, 0.25) is 0 Å². The minimum Gasteiger partial charge on any atom is -0.369 e. The minimum atomic E-state index is -1.20. The summed E-state index contributed by atoms with van der Waals surface area (Å²) in [5, 5.41) is 3.06.